The number of methoxy groups -OCH3 is 1. The first-order valence-electron chi connectivity index (χ1n) is 9.11. The van der Waals surface area contributed by atoms with Gasteiger partial charge in [0, 0.05) is 47.7 Å². The predicted octanol–water partition coefficient (Wildman–Crippen LogP) is 2.81. The molecule has 0 fully saturated rings. The maximum atomic E-state index is 12.6. The highest BCUT2D eigenvalue weighted by Gasteiger charge is 2.10. The smallest absolute Gasteiger partial charge is 0.328 e. The lowest BCUT2D eigenvalue weighted by Crippen LogP contribution is -2.35. The number of hydrogen-bond acceptors (Lipinski definition) is 6. The number of ether oxygens (including phenoxy) is 1. The SMILES string of the molecule is COc1cc(NC(=O)c2cccc(NC3=NCCCN3)c2)ccc1C=CC(=O)O. The molecule has 0 saturated heterocycles. The number of carboxylic acids is 1. The number of hydrogen-bond donors (Lipinski definition) is 4. The van der Waals surface area contributed by atoms with Crippen molar-refractivity contribution in [3.05, 3.63) is 59.7 Å². The van der Waals surface area contributed by atoms with E-state index in [0.29, 0.717) is 28.5 Å². The monoisotopic (exact) mass is 394 g/mol. The summed E-state index contributed by atoms with van der Waals surface area (Å²) in [7, 11) is 1.48. The number of carbonyl (C=O) groups excluding carboxylic acids is 1. The van der Waals surface area contributed by atoms with Crippen LogP contribution in [0.25, 0.3) is 6.08 Å². The van der Waals surface area contributed by atoms with Crippen molar-refractivity contribution in [2.45, 2.75) is 6.42 Å². The van der Waals surface area contributed by atoms with Crippen LogP contribution in [-0.2, 0) is 4.79 Å². The van der Waals surface area contributed by atoms with Crippen LogP contribution in [0.4, 0.5) is 11.4 Å². The van der Waals surface area contributed by atoms with Gasteiger partial charge < -0.3 is 25.8 Å². The van der Waals surface area contributed by atoms with Crippen molar-refractivity contribution >= 4 is 35.3 Å². The largest absolute Gasteiger partial charge is 0.496 e. The fraction of sp³-hybridized carbons (Fsp3) is 0.190. The Labute approximate surface area is 168 Å². The van der Waals surface area contributed by atoms with E-state index in [1.807, 2.05) is 6.07 Å². The molecule has 4 N–H and O–H groups in total. The second kappa shape index (κ2) is 9.41. The third kappa shape index (κ3) is 5.58. The molecule has 1 aliphatic rings. The highest BCUT2D eigenvalue weighted by Crippen LogP contribution is 2.25. The van der Waals surface area contributed by atoms with Crippen LogP contribution in [0.5, 0.6) is 5.75 Å². The van der Waals surface area contributed by atoms with Gasteiger partial charge in [0.1, 0.15) is 5.75 Å². The number of carboxylic acid groups (broad SMARTS) is 1. The molecule has 8 nitrogen and oxygen atoms in total. The minimum atomic E-state index is -1.05. The summed E-state index contributed by atoms with van der Waals surface area (Å²) in [5.74, 6) is -0.170. The molecule has 0 radical (unpaired) electrons. The molecule has 1 amide bonds. The summed E-state index contributed by atoms with van der Waals surface area (Å²) in [6, 6.07) is 12.1. The third-order valence-corrected chi connectivity index (χ3v) is 4.18. The van der Waals surface area contributed by atoms with E-state index in [0.717, 1.165) is 31.3 Å². The lowest BCUT2D eigenvalue weighted by molar-refractivity contribution is -0.131. The van der Waals surface area contributed by atoms with Gasteiger partial charge in [0.2, 0.25) is 0 Å². The van der Waals surface area contributed by atoms with E-state index in [1.165, 1.54) is 13.2 Å². The molecule has 29 heavy (non-hydrogen) atoms. The number of nitrogens with one attached hydrogen (secondary N) is 3. The topological polar surface area (TPSA) is 112 Å². The quantitative estimate of drug-likeness (QED) is 0.561. The molecule has 2 aromatic carbocycles. The summed E-state index contributed by atoms with van der Waals surface area (Å²) in [5.41, 5.74) is 2.38. The van der Waals surface area contributed by atoms with Crippen LogP contribution in [-0.4, -0.2) is 43.1 Å². The molecule has 0 aromatic heterocycles. The summed E-state index contributed by atoms with van der Waals surface area (Å²) in [6.45, 7) is 1.64. The summed E-state index contributed by atoms with van der Waals surface area (Å²) < 4.78 is 5.28. The van der Waals surface area contributed by atoms with Crippen LogP contribution < -0.4 is 20.7 Å². The van der Waals surface area contributed by atoms with Crippen molar-refractivity contribution in [1.82, 2.24) is 5.32 Å². The zero-order chi connectivity index (χ0) is 20.6. The molecule has 150 valence electrons. The van der Waals surface area contributed by atoms with Gasteiger partial charge in [0.25, 0.3) is 5.91 Å². The lowest BCUT2D eigenvalue weighted by atomic mass is 10.1. The second-order valence-electron chi connectivity index (χ2n) is 6.30. The van der Waals surface area contributed by atoms with Gasteiger partial charge in [-0.3, -0.25) is 9.79 Å². The Kier molecular flexibility index (Phi) is 6.47. The van der Waals surface area contributed by atoms with Crippen LogP contribution in [0.1, 0.15) is 22.3 Å². The number of rotatable bonds is 6. The van der Waals surface area contributed by atoms with Gasteiger partial charge in [-0.05, 0) is 42.8 Å². The van der Waals surface area contributed by atoms with Crippen LogP contribution >= 0.6 is 0 Å². The first-order chi connectivity index (χ1) is 14.0. The number of nitrogens with zero attached hydrogens (tertiary/aromatic N) is 1. The standard InChI is InChI=1S/C21H22N4O4/c1-29-18-13-17(8-6-14(18)7-9-19(26)27)24-20(28)15-4-2-5-16(12-15)25-21-22-10-3-11-23-21/h2,4-9,12-13H,3,10-11H2,1H3,(H,24,28)(H,26,27)(H2,22,23,25). The van der Waals surface area contributed by atoms with Crippen LogP contribution in [0.2, 0.25) is 0 Å². The van der Waals surface area contributed by atoms with Crippen molar-refractivity contribution in [3.8, 4) is 5.75 Å². The summed E-state index contributed by atoms with van der Waals surface area (Å²) in [4.78, 5) is 27.7. The number of guanidine groups is 1. The molecule has 0 bridgehead atoms. The van der Waals surface area contributed by atoms with Gasteiger partial charge in [-0.1, -0.05) is 6.07 Å². The average molecular weight is 394 g/mol. The molecule has 0 saturated carbocycles. The maximum Gasteiger partial charge on any atom is 0.328 e. The molecule has 1 heterocycles. The van der Waals surface area contributed by atoms with Gasteiger partial charge in [0.05, 0.1) is 7.11 Å². The van der Waals surface area contributed by atoms with Crippen molar-refractivity contribution < 1.29 is 19.4 Å². The predicted molar refractivity (Wildman–Crippen MR) is 113 cm³/mol. The molecular weight excluding hydrogens is 372 g/mol. The molecular formula is C21H22N4O4. The molecule has 8 heteroatoms. The van der Waals surface area contributed by atoms with Crippen molar-refractivity contribution in [2.75, 3.05) is 30.8 Å². The number of aliphatic carboxylic acids is 1. The Bertz CT molecular complexity index is 969. The van der Waals surface area contributed by atoms with Crippen LogP contribution in [0.3, 0.4) is 0 Å². The molecule has 0 aliphatic carbocycles. The zero-order valence-electron chi connectivity index (χ0n) is 15.9. The lowest BCUT2D eigenvalue weighted by Gasteiger charge is -2.16. The highest BCUT2D eigenvalue weighted by molar-refractivity contribution is 6.05. The van der Waals surface area contributed by atoms with E-state index >= 15 is 0 Å². The summed E-state index contributed by atoms with van der Waals surface area (Å²) >= 11 is 0. The molecule has 0 spiro atoms. The fourth-order valence-electron chi connectivity index (χ4n) is 2.78. The van der Waals surface area contributed by atoms with Gasteiger partial charge in [0.15, 0.2) is 5.96 Å². The first kappa shape index (κ1) is 19.9. The molecule has 0 atom stereocenters. The average Bonchev–Trinajstić information content (AvgIpc) is 2.73. The minimum absolute atomic E-state index is 0.275. The van der Waals surface area contributed by atoms with Crippen molar-refractivity contribution in [1.29, 1.82) is 0 Å². The number of aliphatic imine (C=N–C) groups is 1. The van der Waals surface area contributed by atoms with E-state index in [-0.39, 0.29) is 5.91 Å². The summed E-state index contributed by atoms with van der Waals surface area (Å²) in [5, 5.41) is 17.9. The molecule has 0 unspecified atom stereocenters. The van der Waals surface area contributed by atoms with E-state index in [4.69, 9.17) is 9.84 Å². The Morgan fingerprint density at radius 1 is 1.21 bits per heavy atom. The van der Waals surface area contributed by atoms with Crippen molar-refractivity contribution in [2.24, 2.45) is 4.99 Å². The number of benzene rings is 2. The van der Waals surface area contributed by atoms with Gasteiger partial charge in [-0.25, -0.2) is 4.79 Å². The normalized spacial score (nSPS) is 13.3. The number of amides is 1. The van der Waals surface area contributed by atoms with Gasteiger partial charge in [-0.15, -0.1) is 0 Å². The Morgan fingerprint density at radius 2 is 2.07 bits per heavy atom. The zero-order valence-corrected chi connectivity index (χ0v) is 15.9. The maximum absolute atomic E-state index is 12.6. The van der Waals surface area contributed by atoms with E-state index in [2.05, 4.69) is 20.9 Å². The molecule has 3 rings (SSSR count). The van der Waals surface area contributed by atoms with Gasteiger partial charge >= 0.3 is 5.97 Å². The van der Waals surface area contributed by atoms with E-state index < -0.39 is 5.97 Å². The van der Waals surface area contributed by atoms with Gasteiger partial charge in [-0.2, -0.15) is 0 Å². The first-order valence-corrected chi connectivity index (χ1v) is 9.11. The summed E-state index contributed by atoms with van der Waals surface area (Å²) in [6.07, 6.45) is 3.46. The van der Waals surface area contributed by atoms with Crippen molar-refractivity contribution in [3.63, 3.8) is 0 Å². The fourth-order valence-corrected chi connectivity index (χ4v) is 2.78. The van der Waals surface area contributed by atoms with E-state index in [9.17, 15) is 9.59 Å². The molecule has 1 aliphatic heterocycles. The third-order valence-electron chi connectivity index (χ3n) is 4.18. The van der Waals surface area contributed by atoms with E-state index in [1.54, 1.807) is 36.4 Å². The Balaban J connectivity index is 1.72. The number of anilines is 2. The second-order valence-corrected chi connectivity index (χ2v) is 6.30. The minimum Gasteiger partial charge on any atom is -0.496 e. The van der Waals surface area contributed by atoms with Crippen LogP contribution in [0.15, 0.2) is 53.5 Å². The molecule has 2 aromatic rings. The Morgan fingerprint density at radius 3 is 2.79 bits per heavy atom. The Hall–Kier alpha value is -3.81. The number of carbonyl (C=O) groups is 2. The highest BCUT2D eigenvalue weighted by atomic mass is 16.5. The van der Waals surface area contributed by atoms with Crippen LogP contribution in [0, 0.1) is 0 Å².